The van der Waals surface area contributed by atoms with E-state index >= 15 is 0 Å². The Labute approximate surface area is 147 Å². The minimum atomic E-state index is 0.0770. The van der Waals surface area contributed by atoms with Gasteiger partial charge in [-0.15, -0.1) is 0 Å². The van der Waals surface area contributed by atoms with Gasteiger partial charge in [0.1, 0.15) is 6.33 Å². The molecule has 1 aliphatic rings. The first-order valence-corrected chi connectivity index (χ1v) is 8.36. The number of rotatable bonds is 2. The summed E-state index contributed by atoms with van der Waals surface area (Å²) in [5.41, 5.74) is 3.23. The summed E-state index contributed by atoms with van der Waals surface area (Å²) < 4.78 is 2.92. The Hall–Kier alpha value is -1.98. The van der Waals surface area contributed by atoms with Gasteiger partial charge in [0.2, 0.25) is 5.95 Å². The highest BCUT2D eigenvalue weighted by molar-refractivity contribution is 9.10. The molecule has 3 aromatic rings. The molecule has 0 spiro atoms. The van der Waals surface area contributed by atoms with Crippen molar-refractivity contribution in [2.45, 2.75) is 12.5 Å². The van der Waals surface area contributed by atoms with E-state index in [1.165, 1.54) is 5.56 Å². The molecule has 0 bridgehead atoms. The lowest BCUT2D eigenvalue weighted by molar-refractivity contribution is 0.531. The monoisotopic (exact) mass is 386 g/mol. The van der Waals surface area contributed by atoms with Crippen molar-refractivity contribution in [1.82, 2.24) is 14.8 Å². The number of benzene rings is 2. The van der Waals surface area contributed by atoms with Crippen molar-refractivity contribution in [3.8, 4) is 0 Å². The summed E-state index contributed by atoms with van der Waals surface area (Å²) in [6.07, 6.45) is 2.31. The largest absolute Gasteiger partial charge is 0.248 e. The van der Waals surface area contributed by atoms with Gasteiger partial charge in [-0.25, -0.2) is 9.67 Å². The van der Waals surface area contributed by atoms with E-state index in [0.29, 0.717) is 5.95 Å². The summed E-state index contributed by atoms with van der Waals surface area (Å²) in [7, 11) is 0. The summed E-state index contributed by atoms with van der Waals surface area (Å²) in [5, 5.41) is 5.07. The van der Waals surface area contributed by atoms with Crippen molar-refractivity contribution in [1.29, 1.82) is 0 Å². The van der Waals surface area contributed by atoms with E-state index in [4.69, 9.17) is 11.6 Å². The van der Waals surface area contributed by atoms with Crippen LogP contribution < -0.4 is 0 Å². The third-order valence-electron chi connectivity index (χ3n) is 3.88. The molecule has 1 unspecified atom stereocenters. The predicted octanol–water partition coefficient (Wildman–Crippen LogP) is 4.81. The summed E-state index contributed by atoms with van der Waals surface area (Å²) in [6, 6.07) is 16.1. The quantitative estimate of drug-likeness (QED) is 0.633. The number of fused-ring (bicyclic) bond motifs is 1. The number of nitrogens with zero attached hydrogens (tertiary/aromatic N) is 4. The van der Waals surface area contributed by atoms with Gasteiger partial charge in [0.25, 0.3) is 0 Å². The topological polar surface area (TPSA) is 43.1 Å². The van der Waals surface area contributed by atoms with E-state index in [0.717, 1.165) is 27.2 Å². The first-order chi connectivity index (χ1) is 11.2. The van der Waals surface area contributed by atoms with Crippen molar-refractivity contribution in [2.75, 3.05) is 0 Å². The zero-order valence-corrected chi connectivity index (χ0v) is 14.4. The Balaban J connectivity index is 1.79. The molecule has 0 saturated carbocycles. The molecule has 2 aromatic carbocycles. The molecule has 0 fully saturated rings. The number of aromatic nitrogens is 3. The van der Waals surface area contributed by atoms with Crippen LogP contribution in [-0.2, 0) is 0 Å². The number of hydrogen-bond acceptors (Lipinski definition) is 3. The minimum absolute atomic E-state index is 0.0770. The van der Waals surface area contributed by atoms with Crippen molar-refractivity contribution >= 4 is 39.2 Å². The molecule has 0 N–H and O–H groups in total. The molecule has 2 heterocycles. The molecule has 23 heavy (non-hydrogen) atoms. The number of halogens is 2. The zero-order valence-electron chi connectivity index (χ0n) is 12.0. The van der Waals surface area contributed by atoms with Crippen LogP contribution in [0.15, 0.2) is 64.3 Å². The molecule has 1 aliphatic heterocycles. The lowest BCUT2D eigenvalue weighted by Gasteiger charge is -2.24. The second-order valence-corrected chi connectivity index (χ2v) is 6.70. The van der Waals surface area contributed by atoms with Crippen molar-refractivity contribution < 1.29 is 0 Å². The second-order valence-electron chi connectivity index (χ2n) is 5.34. The van der Waals surface area contributed by atoms with Gasteiger partial charge in [0.05, 0.1) is 11.8 Å². The maximum Gasteiger partial charge on any atom is 0.248 e. The molecule has 1 aromatic heterocycles. The Bertz CT molecular complexity index is 886. The standard InChI is InChI=1S/C17H12BrClN4/c18-13-3-1-2-12(8-13)16-9-15(11-4-6-14(19)7-5-11)22-17-20-10-21-23(16)17/h1-8,10,16H,9H2. The number of hydrogen-bond donors (Lipinski definition) is 0. The Morgan fingerprint density at radius 3 is 2.74 bits per heavy atom. The molecule has 0 amide bonds. The van der Waals surface area contributed by atoms with Crippen LogP contribution in [0.2, 0.25) is 5.02 Å². The smallest absolute Gasteiger partial charge is 0.222 e. The predicted molar refractivity (Wildman–Crippen MR) is 94.6 cm³/mol. The van der Waals surface area contributed by atoms with Crippen molar-refractivity contribution in [3.05, 3.63) is 75.5 Å². The molecule has 4 rings (SSSR count). The number of aliphatic imine (C=N–C) groups is 1. The van der Waals surface area contributed by atoms with Gasteiger partial charge in [-0.1, -0.05) is 51.8 Å². The Kier molecular flexibility index (Phi) is 3.75. The van der Waals surface area contributed by atoms with Crippen LogP contribution in [0.3, 0.4) is 0 Å². The highest BCUT2D eigenvalue weighted by Gasteiger charge is 2.26. The average Bonchev–Trinajstić information content (AvgIpc) is 3.03. The van der Waals surface area contributed by atoms with Gasteiger partial charge in [0.15, 0.2) is 0 Å². The van der Waals surface area contributed by atoms with Gasteiger partial charge in [-0.05, 0) is 35.4 Å². The summed E-state index contributed by atoms with van der Waals surface area (Å²) >= 11 is 9.52. The van der Waals surface area contributed by atoms with E-state index in [2.05, 4.69) is 43.1 Å². The van der Waals surface area contributed by atoms with E-state index in [1.54, 1.807) is 6.33 Å². The molecule has 0 radical (unpaired) electrons. The van der Waals surface area contributed by atoms with Gasteiger partial charge >= 0.3 is 0 Å². The first kappa shape index (κ1) is 14.6. The SMILES string of the molecule is Clc1ccc(C2=Nc3ncnn3C(c3cccc(Br)c3)C2)cc1. The molecule has 0 saturated heterocycles. The zero-order chi connectivity index (χ0) is 15.8. The molecule has 114 valence electrons. The van der Waals surface area contributed by atoms with Crippen molar-refractivity contribution in [2.24, 2.45) is 4.99 Å². The molecule has 6 heteroatoms. The lowest BCUT2D eigenvalue weighted by atomic mass is 9.96. The van der Waals surface area contributed by atoms with Crippen LogP contribution in [0.4, 0.5) is 5.95 Å². The van der Waals surface area contributed by atoms with Gasteiger partial charge in [-0.3, -0.25) is 0 Å². The minimum Gasteiger partial charge on any atom is -0.222 e. The van der Waals surface area contributed by atoms with E-state index < -0.39 is 0 Å². The lowest BCUT2D eigenvalue weighted by Crippen LogP contribution is -2.21. The van der Waals surface area contributed by atoms with E-state index in [-0.39, 0.29) is 6.04 Å². The highest BCUT2D eigenvalue weighted by atomic mass is 79.9. The van der Waals surface area contributed by atoms with Gasteiger partial charge < -0.3 is 0 Å². The fourth-order valence-electron chi connectivity index (χ4n) is 2.78. The van der Waals surface area contributed by atoms with E-state index in [1.807, 2.05) is 41.1 Å². The third-order valence-corrected chi connectivity index (χ3v) is 4.63. The third kappa shape index (κ3) is 2.82. The fraction of sp³-hybridized carbons (Fsp3) is 0.118. The first-order valence-electron chi connectivity index (χ1n) is 7.19. The summed E-state index contributed by atoms with van der Waals surface area (Å²) in [4.78, 5) is 8.93. The van der Waals surface area contributed by atoms with Crippen LogP contribution in [0, 0.1) is 0 Å². The van der Waals surface area contributed by atoms with Crippen LogP contribution in [0.5, 0.6) is 0 Å². The fourth-order valence-corrected chi connectivity index (χ4v) is 3.32. The van der Waals surface area contributed by atoms with Crippen molar-refractivity contribution in [3.63, 3.8) is 0 Å². The second kappa shape index (κ2) is 5.91. The molecular weight excluding hydrogens is 376 g/mol. The van der Waals surface area contributed by atoms with Crippen LogP contribution in [-0.4, -0.2) is 20.5 Å². The Morgan fingerprint density at radius 1 is 1.13 bits per heavy atom. The highest BCUT2D eigenvalue weighted by Crippen LogP contribution is 2.33. The van der Waals surface area contributed by atoms with Crippen LogP contribution in [0.1, 0.15) is 23.6 Å². The summed E-state index contributed by atoms with van der Waals surface area (Å²) in [6.45, 7) is 0. The average molecular weight is 388 g/mol. The van der Waals surface area contributed by atoms with Gasteiger partial charge in [0, 0.05) is 15.9 Å². The molecule has 1 atom stereocenters. The molecule has 0 aliphatic carbocycles. The van der Waals surface area contributed by atoms with Crippen LogP contribution in [0.25, 0.3) is 0 Å². The van der Waals surface area contributed by atoms with Crippen LogP contribution >= 0.6 is 27.5 Å². The molecule has 4 nitrogen and oxygen atoms in total. The normalized spacial score (nSPS) is 16.8. The molecular formula is C17H12BrClN4. The van der Waals surface area contributed by atoms with Gasteiger partial charge in [-0.2, -0.15) is 10.1 Å². The summed E-state index contributed by atoms with van der Waals surface area (Å²) in [5.74, 6) is 0.631. The maximum absolute atomic E-state index is 5.98. The Morgan fingerprint density at radius 2 is 1.96 bits per heavy atom. The maximum atomic E-state index is 5.98. The van der Waals surface area contributed by atoms with E-state index in [9.17, 15) is 0 Å².